The Balaban J connectivity index is 2.12. The molecule has 4 nitrogen and oxygen atoms in total. The highest BCUT2D eigenvalue weighted by Crippen LogP contribution is 2.24. The maximum atomic E-state index is 13.5. The van der Waals surface area contributed by atoms with E-state index in [0.29, 0.717) is 12.8 Å². The lowest BCUT2D eigenvalue weighted by Gasteiger charge is -2.22. The molecule has 1 aliphatic rings. The van der Waals surface area contributed by atoms with Crippen molar-refractivity contribution >= 4 is 27.8 Å². The monoisotopic (exact) mass is 357 g/mol. The normalized spacial score (nSPS) is 22.4. The van der Waals surface area contributed by atoms with Crippen molar-refractivity contribution in [1.82, 2.24) is 5.32 Å². The highest BCUT2D eigenvalue weighted by molar-refractivity contribution is 9.10. The molecule has 0 bridgehead atoms. The molecular formula is C15H17BrFNO3. The number of hydrogen-bond acceptors (Lipinski definition) is 2. The molecule has 0 unspecified atom stereocenters. The van der Waals surface area contributed by atoms with Crippen LogP contribution in [0.25, 0.3) is 0 Å². The van der Waals surface area contributed by atoms with Gasteiger partial charge in [-0.15, -0.1) is 0 Å². The van der Waals surface area contributed by atoms with Crippen molar-refractivity contribution in [3.8, 4) is 0 Å². The molecule has 2 rings (SSSR count). The van der Waals surface area contributed by atoms with E-state index in [9.17, 15) is 19.1 Å². The summed E-state index contributed by atoms with van der Waals surface area (Å²) in [5.74, 6) is -2.40. The van der Waals surface area contributed by atoms with Gasteiger partial charge in [0.15, 0.2) is 0 Å². The van der Waals surface area contributed by atoms with Crippen LogP contribution in [0, 0.1) is 11.7 Å². The molecule has 1 aromatic rings. The van der Waals surface area contributed by atoms with Gasteiger partial charge in [-0.25, -0.2) is 4.39 Å². The molecule has 0 aromatic heterocycles. The third kappa shape index (κ3) is 4.03. The summed E-state index contributed by atoms with van der Waals surface area (Å²) >= 11 is 3.03. The van der Waals surface area contributed by atoms with Gasteiger partial charge in [0.05, 0.1) is 10.4 Å². The van der Waals surface area contributed by atoms with Crippen molar-refractivity contribution in [3.05, 3.63) is 34.1 Å². The summed E-state index contributed by atoms with van der Waals surface area (Å²) in [5.41, 5.74) is 0.198. The van der Waals surface area contributed by atoms with Crippen LogP contribution in [0.1, 0.15) is 42.5 Å². The predicted octanol–water partition coefficient (Wildman–Crippen LogP) is 3.35. The average Bonchev–Trinajstić information content (AvgIpc) is 2.67. The number of benzene rings is 1. The minimum absolute atomic E-state index is 0.198. The molecule has 114 valence electrons. The summed E-state index contributed by atoms with van der Waals surface area (Å²) < 4.78 is 13.8. The average molecular weight is 358 g/mol. The number of nitrogens with one attached hydrogen (secondary N) is 1. The molecule has 1 amide bonds. The van der Waals surface area contributed by atoms with Crippen LogP contribution in [0.15, 0.2) is 22.7 Å². The third-order valence-electron chi connectivity index (χ3n) is 3.83. The number of halogens is 2. The van der Waals surface area contributed by atoms with E-state index in [-0.39, 0.29) is 10.0 Å². The fourth-order valence-corrected chi connectivity index (χ4v) is 2.91. The molecule has 2 N–H and O–H groups in total. The summed E-state index contributed by atoms with van der Waals surface area (Å²) in [6.07, 6.45) is 3.93. The van der Waals surface area contributed by atoms with Gasteiger partial charge in [0.25, 0.3) is 5.91 Å². The number of carboxylic acid groups (broad SMARTS) is 1. The Kier molecular flexibility index (Phi) is 5.33. The summed E-state index contributed by atoms with van der Waals surface area (Å²) in [7, 11) is 0. The van der Waals surface area contributed by atoms with E-state index in [1.165, 1.54) is 12.1 Å². The smallest absolute Gasteiger partial charge is 0.308 e. The Hall–Kier alpha value is -1.43. The van der Waals surface area contributed by atoms with Gasteiger partial charge in [-0.2, -0.15) is 0 Å². The second kappa shape index (κ2) is 7.02. The van der Waals surface area contributed by atoms with Gasteiger partial charge in [-0.1, -0.05) is 19.3 Å². The van der Waals surface area contributed by atoms with E-state index in [1.807, 2.05) is 0 Å². The van der Waals surface area contributed by atoms with E-state index >= 15 is 0 Å². The Bertz CT molecular complexity index is 550. The Morgan fingerprint density at radius 3 is 2.62 bits per heavy atom. The molecule has 1 fully saturated rings. The quantitative estimate of drug-likeness (QED) is 0.815. The van der Waals surface area contributed by atoms with E-state index in [0.717, 1.165) is 25.3 Å². The first kappa shape index (κ1) is 15.9. The van der Waals surface area contributed by atoms with Crippen molar-refractivity contribution < 1.29 is 19.1 Å². The highest BCUT2D eigenvalue weighted by Gasteiger charge is 2.30. The van der Waals surface area contributed by atoms with Crippen molar-refractivity contribution in [2.24, 2.45) is 5.92 Å². The van der Waals surface area contributed by atoms with Crippen LogP contribution >= 0.6 is 15.9 Å². The Morgan fingerprint density at radius 1 is 1.24 bits per heavy atom. The SMILES string of the molecule is O=C(N[C@H]1CCCCC[C@H]1C(=O)O)c1ccc(Br)c(F)c1. The topological polar surface area (TPSA) is 66.4 Å². The third-order valence-corrected chi connectivity index (χ3v) is 4.47. The van der Waals surface area contributed by atoms with Gasteiger partial charge in [-0.05, 0) is 47.0 Å². The summed E-state index contributed by atoms with van der Waals surface area (Å²) in [6, 6.07) is 3.72. The lowest BCUT2D eigenvalue weighted by Crippen LogP contribution is -2.42. The molecule has 1 aromatic carbocycles. The van der Waals surface area contributed by atoms with Crippen molar-refractivity contribution in [2.45, 2.75) is 38.1 Å². The Labute approximate surface area is 130 Å². The number of carbonyl (C=O) groups is 2. The molecule has 6 heteroatoms. The van der Waals surface area contributed by atoms with Crippen LogP contribution in [-0.4, -0.2) is 23.0 Å². The lowest BCUT2D eigenvalue weighted by molar-refractivity contribution is -0.142. The van der Waals surface area contributed by atoms with Crippen molar-refractivity contribution in [1.29, 1.82) is 0 Å². The predicted molar refractivity (Wildman–Crippen MR) is 79.6 cm³/mol. The van der Waals surface area contributed by atoms with Crippen LogP contribution in [-0.2, 0) is 4.79 Å². The first-order valence-electron chi connectivity index (χ1n) is 6.98. The number of hydrogen-bond donors (Lipinski definition) is 2. The molecule has 0 aliphatic heterocycles. The van der Waals surface area contributed by atoms with Crippen molar-refractivity contribution in [3.63, 3.8) is 0 Å². The van der Waals surface area contributed by atoms with E-state index in [1.54, 1.807) is 0 Å². The van der Waals surface area contributed by atoms with Crippen LogP contribution in [0.3, 0.4) is 0 Å². The summed E-state index contributed by atoms with van der Waals surface area (Å²) in [6.45, 7) is 0. The molecule has 21 heavy (non-hydrogen) atoms. The van der Waals surface area contributed by atoms with Crippen LogP contribution in [0.5, 0.6) is 0 Å². The second-order valence-electron chi connectivity index (χ2n) is 5.29. The zero-order chi connectivity index (χ0) is 15.4. The maximum Gasteiger partial charge on any atom is 0.308 e. The second-order valence-corrected chi connectivity index (χ2v) is 6.15. The number of carbonyl (C=O) groups excluding carboxylic acids is 1. The van der Waals surface area contributed by atoms with Gasteiger partial charge in [0.1, 0.15) is 5.82 Å². The van der Waals surface area contributed by atoms with Crippen LogP contribution in [0.4, 0.5) is 4.39 Å². The number of rotatable bonds is 3. The van der Waals surface area contributed by atoms with Crippen LogP contribution in [0.2, 0.25) is 0 Å². The molecule has 0 spiro atoms. The molecule has 1 aliphatic carbocycles. The molecule has 2 atom stereocenters. The van der Waals surface area contributed by atoms with Crippen LogP contribution < -0.4 is 5.32 Å². The van der Waals surface area contributed by atoms with Gasteiger partial charge in [0.2, 0.25) is 0 Å². The molecule has 0 radical (unpaired) electrons. The van der Waals surface area contributed by atoms with Gasteiger partial charge in [0, 0.05) is 11.6 Å². The zero-order valence-electron chi connectivity index (χ0n) is 11.4. The standard InChI is InChI=1S/C15H17BrFNO3/c16-11-7-6-9(8-12(11)17)14(19)18-13-5-3-1-2-4-10(13)15(20)21/h6-8,10,13H,1-5H2,(H,18,19)(H,20,21)/t10-,13+/m1/s1. The molecular weight excluding hydrogens is 341 g/mol. The fraction of sp³-hybridized carbons (Fsp3) is 0.467. The first-order chi connectivity index (χ1) is 9.99. The van der Waals surface area contributed by atoms with Gasteiger partial charge >= 0.3 is 5.97 Å². The van der Waals surface area contributed by atoms with E-state index in [2.05, 4.69) is 21.2 Å². The first-order valence-corrected chi connectivity index (χ1v) is 7.77. The summed E-state index contributed by atoms with van der Waals surface area (Å²) in [5, 5.41) is 12.0. The summed E-state index contributed by atoms with van der Waals surface area (Å²) in [4.78, 5) is 23.5. The Morgan fingerprint density at radius 2 is 1.95 bits per heavy atom. The van der Waals surface area contributed by atoms with E-state index in [4.69, 9.17) is 0 Å². The number of aliphatic carboxylic acids is 1. The maximum absolute atomic E-state index is 13.5. The number of carboxylic acids is 1. The molecule has 1 saturated carbocycles. The minimum Gasteiger partial charge on any atom is -0.481 e. The molecule has 0 heterocycles. The number of amides is 1. The van der Waals surface area contributed by atoms with Gasteiger partial charge in [-0.3, -0.25) is 9.59 Å². The van der Waals surface area contributed by atoms with Crippen molar-refractivity contribution in [2.75, 3.05) is 0 Å². The van der Waals surface area contributed by atoms with E-state index < -0.39 is 29.7 Å². The lowest BCUT2D eigenvalue weighted by atomic mass is 9.94. The van der Waals surface area contributed by atoms with Gasteiger partial charge < -0.3 is 10.4 Å². The fourth-order valence-electron chi connectivity index (χ4n) is 2.67. The minimum atomic E-state index is -0.885. The molecule has 0 saturated heterocycles. The highest BCUT2D eigenvalue weighted by atomic mass is 79.9. The zero-order valence-corrected chi connectivity index (χ0v) is 13.0. The largest absolute Gasteiger partial charge is 0.481 e.